The molecule has 0 aromatic carbocycles. The van der Waals surface area contributed by atoms with Crippen LogP contribution in [0.2, 0.25) is 0 Å². The van der Waals surface area contributed by atoms with Crippen molar-refractivity contribution in [2.45, 2.75) is 18.6 Å². The van der Waals surface area contributed by atoms with E-state index in [0.717, 1.165) is 10.5 Å². The molecular weight excluding hydrogens is 225 g/mol. The van der Waals surface area contributed by atoms with Crippen molar-refractivity contribution in [1.29, 1.82) is 5.26 Å². The van der Waals surface area contributed by atoms with Crippen molar-refractivity contribution in [3.05, 3.63) is 11.6 Å². The molecule has 2 rings (SSSR count). The Balaban J connectivity index is 1.87. The van der Waals surface area contributed by atoms with Gasteiger partial charge in [0.15, 0.2) is 0 Å². The molecule has 0 aliphatic carbocycles. The molecule has 17 heavy (non-hydrogen) atoms. The number of amides is 1. The van der Waals surface area contributed by atoms with Gasteiger partial charge < -0.3 is 10.0 Å². The first-order chi connectivity index (χ1) is 8.11. The average molecular weight is 239 g/mol. The molecule has 0 spiro atoms. The zero-order valence-corrected chi connectivity index (χ0v) is 9.34. The molecule has 2 fully saturated rings. The lowest BCUT2D eigenvalue weighted by Gasteiger charge is -2.45. The Kier molecular flexibility index (Phi) is 3.29. The number of carbonyl (C=O) groups is 1. The summed E-state index contributed by atoms with van der Waals surface area (Å²) in [6.07, 6.45) is -0.174. The van der Waals surface area contributed by atoms with Crippen LogP contribution in [0.25, 0.3) is 0 Å². The van der Waals surface area contributed by atoms with E-state index < -0.39 is 12.3 Å². The molecule has 1 N–H and O–H groups in total. The van der Waals surface area contributed by atoms with E-state index >= 15 is 0 Å². The lowest BCUT2D eigenvalue weighted by atomic mass is 9.96. The Labute approximate surface area is 98.7 Å². The third kappa shape index (κ3) is 2.39. The van der Waals surface area contributed by atoms with Crippen LogP contribution in [0.5, 0.6) is 0 Å². The van der Waals surface area contributed by atoms with Gasteiger partial charge in [-0.1, -0.05) is 0 Å². The average Bonchev–Trinajstić information content (AvgIpc) is 2.23. The van der Waals surface area contributed by atoms with Crippen LogP contribution in [-0.2, 0) is 0 Å². The minimum absolute atomic E-state index is 0.0478. The number of likely N-dealkylation sites (tertiary alicyclic amines) is 2. The van der Waals surface area contributed by atoms with Crippen LogP contribution in [0, 0.1) is 11.3 Å². The molecule has 0 aromatic heterocycles. The van der Waals surface area contributed by atoms with Gasteiger partial charge in [-0.2, -0.15) is 5.26 Å². The van der Waals surface area contributed by atoms with Crippen molar-refractivity contribution < 1.29 is 14.3 Å². The molecule has 6 heteroatoms. The van der Waals surface area contributed by atoms with Crippen molar-refractivity contribution >= 4 is 6.09 Å². The number of hydrogen-bond donors (Lipinski definition) is 1. The summed E-state index contributed by atoms with van der Waals surface area (Å²) in [5.74, 6) is 0. The Morgan fingerprint density at radius 1 is 1.59 bits per heavy atom. The van der Waals surface area contributed by atoms with Crippen molar-refractivity contribution in [2.24, 2.45) is 0 Å². The maximum atomic E-state index is 13.8. The van der Waals surface area contributed by atoms with E-state index in [1.165, 1.54) is 6.08 Å². The van der Waals surface area contributed by atoms with E-state index in [1.807, 2.05) is 11.0 Å². The van der Waals surface area contributed by atoms with Crippen molar-refractivity contribution in [3.8, 4) is 6.07 Å². The number of carboxylic acid groups (broad SMARTS) is 1. The number of allylic oxidation sites excluding steroid dienone is 1. The van der Waals surface area contributed by atoms with Gasteiger partial charge in [0.25, 0.3) is 0 Å². The molecule has 0 aromatic rings. The second kappa shape index (κ2) is 4.72. The SMILES string of the molecule is N#CC=C1CN([C@@H]2CCN(C(=O)O)C[C@@H]2F)C1. The number of nitrogens with zero attached hydrogens (tertiary/aromatic N) is 3. The molecule has 0 saturated carbocycles. The monoisotopic (exact) mass is 239 g/mol. The lowest BCUT2D eigenvalue weighted by molar-refractivity contribution is 0.0271. The molecule has 0 unspecified atom stereocenters. The Morgan fingerprint density at radius 3 is 2.82 bits per heavy atom. The molecule has 92 valence electrons. The molecule has 2 heterocycles. The predicted molar refractivity (Wildman–Crippen MR) is 58.2 cm³/mol. The summed E-state index contributed by atoms with van der Waals surface area (Å²) in [6.45, 7) is 1.60. The maximum Gasteiger partial charge on any atom is 0.407 e. The molecule has 0 radical (unpaired) electrons. The second-order valence-electron chi connectivity index (χ2n) is 4.44. The lowest BCUT2D eigenvalue weighted by Crippen LogP contribution is -2.58. The van der Waals surface area contributed by atoms with E-state index in [0.29, 0.717) is 26.1 Å². The summed E-state index contributed by atoms with van der Waals surface area (Å²) in [5, 5.41) is 17.2. The highest BCUT2D eigenvalue weighted by Crippen LogP contribution is 2.26. The van der Waals surface area contributed by atoms with Crippen LogP contribution in [0.15, 0.2) is 11.6 Å². The minimum atomic E-state index is -1.14. The van der Waals surface area contributed by atoms with Gasteiger partial charge in [-0.3, -0.25) is 4.90 Å². The summed E-state index contributed by atoms with van der Waals surface area (Å²) < 4.78 is 13.8. The van der Waals surface area contributed by atoms with Gasteiger partial charge >= 0.3 is 6.09 Å². The smallest absolute Gasteiger partial charge is 0.407 e. The molecular formula is C11H14FN3O2. The first kappa shape index (κ1) is 11.9. The number of piperidine rings is 1. The van der Waals surface area contributed by atoms with Gasteiger partial charge in [0.1, 0.15) is 6.17 Å². The van der Waals surface area contributed by atoms with Crippen LogP contribution >= 0.6 is 0 Å². The largest absolute Gasteiger partial charge is 0.465 e. The predicted octanol–water partition coefficient (Wildman–Crippen LogP) is 0.842. The van der Waals surface area contributed by atoms with Crippen LogP contribution in [0.1, 0.15) is 6.42 Å². The number of rotatable bonds is 1. The van der Waals surface area contributed by atoms with E-state index in [1.54, 1.807) is 0 Å². The highest BCUT2D eigenvalue weighted by Gasteiger charge is 2.38. The van der Waals surface area contributed by atoms with E-state index in [9.17, 15) is 9.18 Å². The van der Waals surface area contributed by atoms with Gasteiger partial charge in [-0.15, -0.1) is 0 Å². The molecule has 1 amide bonds. The highest BCUT2D eigenvalue weighted by molar-refractivity contribution is 5.65. The highest BCUT2D eigenvalue weighted by atomic mass is 19.1. The Hall–Kier alpha value is -1.61. The molecule has 2 aliphatic rings. The fourth-order valence-corrected chi connectivity index (χ4v) is 2.37. The fourth-order valence-electron chi connectivity index (χ4n) is 2.37. The van der Waals surface area contributed by atoms with Crippen LogP contribution in [0.4, 0.5) is 9.18 Å². The molecule has 2 saturated heterocycles. The topological polar surface area (TPSA) is 67.6 Å². The Bertz CT molecular complexity index is 383. The quantitative estimate of drug-likeness (QED) is 0.688. The van der Waals surface area contributed by atoms with Gasteiger partial charge in [0.05, 0.1) is 12.6 Å². The summed E-state index contributed by atoms with van der Waals surface area (Å²) in [6, 6.07) is 1.75. The standard InChI is InChI=1S/C11H14FN3O2/c12-9-7-14(11(16)17)4-2-10(9)15-5-8(6-15)1-3-13/h1,9-10H,2,4-7H2,(H,16,17)/t9-,10+/m0/s1. The Morgan fingerprint density at radius 2 is 2.29 bits per heavy atom. The summed E-state index contributed by atoms with van der Waals surface area (Å²) in [5.41, 5.74) is 1.01. The number of hydrogen-bond acceptors (Lipinski definition) is 3. The van der Waals surface area contributed by atoms with Crippen molar-refractivity contribution in [3.63, 3.8) is 0 Å². The maximum absolute atomic E-state index is 13.8. The summed E-state index contributed by atoms with van der Waals surface area (Å²) >= 11 is 0. The van der Waals surface area contributed by atoms with Gasteiger partial charge in [-0.25, -0.2) is 9.18 Å². The summed E-state index contributed by atoms with van der Waals surface area (Å²) in [4.78, 5) is 13.8. The second-order valence-corrected chi connectivity index (χ2v) is 4.44. The van der Waals surface area contributed by atoms with Gasteiger partial charge in [-0.05, 0) is 12.0 Å². The zero-order chi connectivity index (χ0) is 12.4. The molecule has 2 aliphatic heterocycles. The third-order valence-electron chi connectivity index (χ3n) is 3.33. The molecule has 2 atom stereocenters. The van der Waals surface area contributed by atoms with Crippen LogP contribution < -0.4 is 0 Å². The zero-order valence-electron chi connectivity index (χ0n) is 9.34. The molecule has 5 nitrogen and oxygen atoms in total. The van der Waals surface area contributed by atoms with E-state index in [2.05, 4.69) is 0 Å². The van der Waals surface area contributed by atoms with Gasteiger partial charge in [0, 0.05) is 31.8 Å². The van der Waals surface area contributed by atoms with Crippen LogP contribution in [-0.4, -0.2) is 59.4 Å². The van der Waals surface area contributed by atoms with E-state index in [4.69, 9.17) is 10.4 Å². The number of nitriles is 1. The molecule has 0 bridgehead atoms. The van der Waals surface area contributed by atoms with Crippen molar-refractivity contribution in [1.82, 2.24) is 9.80 Å². The number of halogens is 1. The first-order valence-electron chi connectivity index (χ1n) is 5.55. The fraction of sp³-hybridized carbons (Fsp3) is 0.636. The normalized spacial score (nSPS) is 29.4. The minimum Gasteiger partial charge on any atom is -0.465 e. The third-order valence-corrected chi connectivity index (χ3v) is 3.33. The van der Waals surface area contributed by atoms with Crippen LogP contribution in [0.3, 0.4) is 0 Å². The van der Waals surface area contributed by atoms with Gasteiger partial charge in [0.2, 0.25) is 0 Å². The first-order valence-corrected chi connectivity index (χ1v) is 5.55. The van der Waals surface area contributed by atoms with E-state index in [-0.39, 0.29) is 12.6 Å². The van der Waals surface area contributed by atoms with Crippen molar-refractivity contribution in [2.75, 3.05) is 26.2 Å². The summed E-state index contributed by atoms with van der Waals surface area (Å²) in [7, 11) is 0. The number of alkyl halides is 1.